The summed E-state index contributed by atoms with van der Waals surface area (Å²) in [6.45, 7) is 0. The molecule has 0 aromatic heterocycles. The van der Waals surface area contributed by atoms with Gasteiger partial charge in [0.1, 0.15) is 0 Å². The van der Waals surface area contributed by atoms with Crippen molar-refractivity contribution in [2.24, 2.45) is 0 Å². The molecule has 51 valence electrons. The van der Waals surface area contributed by atoms with Crippen LogP contribution in [0.3, 0.4) is 0 Å². The van der Waals surface area contributed by atoms with E-state index in [0.717, 1.165) is 0 Å². The number of carbonyl (C=O) groups excluding carboxylic acids is 1. The highest BCUT2D eigenvalue weighted by atomic mass is 79.9. The first-order valence-corrected chi connectivity index (χ1v) is 3.74. The summed E-state index contributed by atoms with van der Waals surface area (Å²) in [4.78, 5) is 10.2. The molecule has 0 N–H and O–H groups in total. The largest absolute Gasteiger partial charge is 0.285 e. The second-order valence-corrected chi connectivity index (χ2v) is 3.02. The maximum absolute atomic E-state index is 10.2. The number of benzene rings is 1. The molecule has 0 bridgehead atoms. The van der Waals surface area contributed by atoms with Crippen LogP contribution < -0.4 is 0 Å². The van der Waals surface area contributed by atoms with Crippen molar-refractivity contribution in [1.82, 2.24) is 0 Å². The SMILES string of the molecule is O=[C]c1cc(Cl)ccc1Br. The fourth-order valence-corrected chi connectivity index (χ4v) is 1.08. The van der Waals surface area contributed by atoms with E-state index in [1.54, 1.807) is 24.5 Å². The van der Waals surface area contributed by atoms with Crippen molar-refractivity contribution in [3.8, 4) is 0 Å². The maximum atomic E-state index is 10.2. The summed E-state index contributed by atoms with van der Waals surface area (Å²) in [7, 11) is 0. The Hall–Kier alpha value is -0.340. The molecular formula is C7H3BrClO. The van der Waals surface area contributed by atoms with E-state index in [-0.39, 0.29) is 0 Å². The molecule has 0 amide bonds. The van der Waals surface area contributed by atoms with Gasteiger partial charge in [-0.25, -0.2) is 0 Å². The van der Waals surface area contributed by atoms with Crippen LogP contribution in [0.15, 0.2) is 22.7 Å². The number of halogens is 2. The molecule has 0 spiro atoms. The molecule has 0 saturated carbocycles. The Morgan fingerprint density at radius 1 is 1.50 bits per heavy atom. The normalized spacial score (nSPS) is 9.40. The predicted octanol–water partition coefficient (Wildman–Crippen LogP) is 2.56. The number of rotatable bonds is 1. The summed E-state index contributed by atoms with van der Waals surface area (Å²) in [6, 6.07) is 4.97. The molecule has 0 saturated heterocycles. The Bertz CT molecular complexity index is 260. The van der Waals surface area contributed by atoms with E-state index in [1.165, 1.54) is 0 Å². The minimum Gasteiger partial charge on any atom is -0.285 e. The first-order chi connectivity index (χ1) is 4.74. The molecule has 0 heterocycles. The molecule has 1 nitrogen and oxygen atoms in total. The molecule has 0 aliphatic heterocycles. The molecule has 3 heteroatoms. The lowest BCUT2D eigenvalue weighted by molar-refractivity contribution is 0.562. The molecule has 0 atom stereocenters. The van der Waals surface area contributed by atoms with E-state index in [1.807, 2.05) is 0 Å². The Labute approximate surface area is 72.1 Å². The van der Waals surface area contributed by atoms with Gasteiger partial charge in [-0.3, -0.25) is 4.79 Å². The summed E-state index contributed by atoms with van der Waals surface area (Å²) in [5.41, 5.74) is 0.451. The van der Waals surface area contributed by atoms with Crippen LogP contribution in [-0.2, 0) is 4.79 Å². The minimum atomic E-state index is 0.451. The van der Waals surface area contributed by atoms with Gasteiger partial charge in [0.25, 0.3) is 0 Å². The molecule has 0 unspecified atom stereocenters. The average molecular weight is 218 g/mol. The highest BCUT2D eigenvalue weighted by Gasteiger charge is 1.98. The van der Waals surface area contributed by atoms with Crippen molar-refractivity contribution in [1.29, 1.82) is 0 Å². The first kappa shape index (κ1) is 7.76. The zero-order valence-electron chi connectivity index (χ0n) is 4.90. The van der Waals surface area contributed by atoms with Gasteiger partial charge in [-0.15, -0.1) is 0 Å². The molecular weight excluding hydrogens is 215 g/mol. The monoisotopic (exact) mass is 217 g/mol. The maximum Gasteiger partial charge on any atom is 0.234 e. The van der Waals surface area contributed by atoms with Crippen LogP contribution in [0.4, 0.5) is 0 Å². The van der Waals surface area contributed by atoms with Gasteiger partial charge in [-0.2, -0.15) is 0 Å². The second kappa shape index (κ2) is 3.17. The molecule has 10 heavy (non-hydrogen) atoms. The van der Waals surface area contributed by atoms with Crippen molar-refractivity contribution in [3.05, 3.63) is 33.3 Å². The van der Waals surface area contributed by atoms with E-state index < -0.39 is 0 Å². The topological polar surface area (TPSA) is 17.1 Å². The van der Waals surface area contributed by atoms with Gasteiger partial charge < -0.3 is 0 Å². The molecule has 1 rings (SSSR count). The second-order valence-electron chi connectivity index (χ2n) is 1.73. The average Bonchev–Trinajstić information content (AvgIpc) is 1.94. The van der Waals surface area contributed by atoms with Crippen molar-refractivity contribution in [3.63, 3.8) is 0 Å². The molecule has 0 fully saturated rings. The van der Waals surface area contributed by atoms with Crippen LogP contribution in [0.5, 0.6) is 0 Å². The van der Waals surface area contributed by atoms with Crippen molar-refractivity contribution < 1.29 is 4.79 Å². The van der Waals surface area contributed by atoms with Gasteiger partial charge in [0.05, 0.1) is 0 Å². The lowest BCUT2D eigenvalue weighted by atomic mass is 10.2. The summed E-state index contributed by atoms with van der Waals surface area (Å²) in [5.74, 6) is 0. The summed E-state index contributed by atoms with van der Waals surface area (Å²) in [5, 5.41) is 0.543. The van der Waals surface area contributed by atoms with Crippen LogP contribution >= 0.6 is 27.5 Å². The molecule has 1 radical (unpaired) electrons. The van der Waals surface area contributed by atoms with Gasteiger partial charge in [0.2, 0.25) is 6.29 Å². The van der Waals surface area contributed by atoms with Crippen molar-refractivity contribution in [2.45, 2.75) is 0 Å². The van der Waals surface area contributed by atoms with Crippen LogP contribution in [0.2, 0.25) is 5.02 Å². The van der Waals surface area contributed by atoms with Crippen LogP contribution in [0.25, 0.3) is 0 Å². The molecule has 1 aromatic carbocycles. The van der Waals surface area contributed by atoms with Crippen LogP contribution in [-0.4, -0.2) is 6.29 Å². The Kier molecular flexibility index (Phi) is 2.46. The standard InChI is InChI=1S/C7H3BrClO/c8-7-2-1-6(9)3-5(7)4-10/h1-3H. The number of hydrogen-bond acceptors (Lipinski definition) is 1. The van der Waals surface area contributed by atoms with E-state index in [4.69, 9.17) is 11.6 Å². The highest BCUT2D eigenvalue weighted by molar-refractivity contribution is 9.10. The van der Waals surface area contributed by atoms with E-state index in [9.17, 15) is 4.79 Å². The van der Waals surface area contributed by atoms with Crippen molar-refractivity contribution >= 4 is 33.8 Å². The third-order valence-corrected chi connectivity index (χ3v) is 1.96. The Morgan fingerprint density at radius 2 is 2.20 bits per heavy atom. The van der Waals surface area contributed by atoms with E-state index in [0.29, 0.717) is 15.1 Å². The highest BCUT2D eigenvalue weighted by Crippen LogP contribution is 2.18. The first-order valence-electron chi connectivity index (χ1n) is 2.57. The van der Waals surface area contributed by atoms with Crippen molar-refractivity contribution in [2.75, 3.05) is 0 Å². The quantitative estimate of drug-likeness (QED) is 0.708. The van der Waals surface area contributed by atoms with Gasteiger partial charge >= 0.3 is 0 Å². The molecule has 0 aliphatic carbocycles. The summed E-state index contributed by atoms with van der Waals surface area (Å²) < 4.78 is 0.715. The third-order valence-electron chi connectivity index (χ3n) is 1.04. The van der Waals surface area contributed by atoms with Gasteiger partial charge in [0.15, 0.2) is 0 Å². The fraction of sp³-hybridized carbons (Fsp3) is 0. The zero-order chi connectivity index (χ0) is 7.56. The molecule has 0 aliphatic rings. The Balaban J connectivity index is 3.21. The van der Waals surface area contributed by atoms with Crippen LogP contribution in [0.1, 0.15) is 5.56 Å². The minimum absolute atomic E-state index is 0.451. The lowest BCUT2D eigenvalue weighted by Gasteiger charge is -1.93. The molecule has 1 aromatic rings. The van der Waals surface area contributed by atoms with Gasteiger partial charge in [-0.05, 0) is 18.2 Å². The smallest absolute Gasteiger partial charge is 0.234 e. The van der Waals surface area contributed by atoms with Gasteiger partial charge in [-0.1, -0.05) is 27.5 Å². The van der Waals surface area contributed by atoms with E-state index >= 15 is 0 Å². The van der Waals surface area contributed by atoms with Crippen LogP contribution in [0, 0.1) is 0 Å². The lowest BCUT2D eigenvalue weighted by Crippen LogP contribution is -1.80. The third kappa shape index (κ3) is 1.58. The summed E-state index contributed by atoms with van der Waals surface area (Å²) >= 11 is 8.77. The van der Waals surface area contributed by atoms with E-state index in [2.05, 4.69) is 15.9 Å². The fourth-order valence-electron chi connectivity index (χ4n) is 0.576. The summed E-state index contributed by atoms with van der Waals surface area (Å²) in [6.07, 6.45) is 1.75. The predicted molar refractivity (Wildman–Crippen MR) is 43.9 cm³/mol. The zero-order valence-corrected chi connectivity index (χ0v) is 7.24. The number of hydrogen-bond donors (Lipinski definition) is 0. The van der Waals surface area contributed by atoms with Gasteiger partial charge in [0, 0.05) is 15.1 Å². The Morgan fingerprint density at radius 3 is 2.70 bits per heavy atom.